The first-order valence-electron chi connectivity index (χ1n) is 7.44. The van der Waals surface area contributed by atoms with Crippen molar-refractivity contribution < 1.29 is 0 Å². The van der Waals surface area contributed by atoms with Gasteiger partial charge in [-0.15, -0.1) is 0 Å². The fraction of sp³-hybridized carbons (Fsp3) is 0.714. The fourth-order valence-electron chi connectivity index (χ4n) is 2.89. The standard InChI is InChI=1S/C14H23N5/c1-2-9-19(8-1)13-5-7-16-14(18-13)17-11-12-4-3-6-15-10-12/h5,7,12,15H,1-4,6,8-11H2,(H,16,17,18). The molecule has 0 radical (unpaired) electrons. The summed E-state index contributed by atoms with van der Waals surface area (Å²) in [4.78, 5) is 11.3. The molecular formula is C14H23N5. The number of anilines is 2. The minimum absolute atomic E-state index is 0.702. The van der Waals surface area contributed by atoms with Gasteiger partial charge in [-0.3, -0.25) is 0 Å². The summed E-state index contributed by atoms with van der Waals surface area (Å²) in [6, 6.07) is 2.01. The van der Waals surface area contributed by atoms with Gasteiger partial charge in [0.25, 0.3) is 0 Å². The quantitative estimate of drug-likeness (QED) is 0.860. The number of aromatic nitrogens is 2. The summed E-state index contributed by atoms with van der Waals surface area (Å²) in [7, 11) is 0. The molecule has 0 aromatic carbocycles. The number of hydrogen-bond donors (Lipinski definition) is 2. The van der Waals surface area contributed by atoms with E-state index < -0.39 is 0 Å². The third kappa shape index (κ3) is 3.35. The maximum absolute atomic E-state index is 4.62. The second kappa shape index (κ2) is 6.19. The summed E-state index contributed by atoms with van der Waals surface area (Å²) in [5.74, 6) is 2.54. The molecule has 2 N–H and O–H groups in total. The molecule has 1 atom stereocenters. The summed E-state index contributed by atoms with van der Waals surface area (Å²) in [6.45, 7) is 5.50. The minimum Gasteiger partial charge on any atom is -0.356 e. The average molecular weight is 261 g/mol. The minimum atomic E-state index is 0.702. The molecule has 5 heteroatoms. The van der Waals surface area contributed by atoms with E-state index in [2.05, 4.69) is 25.5 Å². The highest BCUT2D eigenvalue weighted by molar-refractivity contribution is 5.43. The molecule has 3 heterocycles. The Labute approximate surface area is 114 Å². The average Bonchev–Trinajstić information content (AvgIpc) is 3.01. The van der Waals surface area contributed by atoms with Crippen molar-refractivity contribution in [1.29, 1.82) is 0 Å². The Kier molecular flexibility index (Phi) is 4.13. The van der Waals surface area contributed by atoms with Crippen molar-refractivity contribution >= 4 is 11.8 Å². The van der Waals surface area contributed by atoms with Crippen LogP contribution in [-0.4, -0.2) is 42.7 Å². The van der Waals surface area contributed by atoms with Crippen LogP contribution >= 0.6 is 0 Å². The van der Waals surface area contributed by atoms with E-state index in [4.69, 9.17) is 0 Å². The SMILES string of the molecule is c1cc(N2CCCC2)nc(NCC2CCCNC2)n1. The van der Waals surface area contributed by atoms with E-state index >= 15 is 0 Å². The number of nitrogens with zero attached hydrogens (tertiary/aromatic N) is 3. The molecule has 104 valence electrons. The smallest absolute Gasteiger partial charge is 0.224 e. The molecule has 5 nitrogen and oxygen atoms in total. The lowest BCUT2D eigenvalue weighted by molar-refractivity contribution is 0.392. The van der Waals surface area contributed by atoms with Gasteiger partial charge in [0.1, 0.15) is 5.82 Å². The highest BCUT2D eigenvalue weighted by Gasteiger charge is 2.15. The van der Waals surface area contributed by atoms with Crippen molar-refractivity contribution in [2.75, 3.05) is 42.9 Å². The van der Waals surface area contributed by atoms with Crippen LogP contribution < -0.4 is 15.5 Å². The normalized spacial score (nSPS) is 23.6. The maximum Gasteiger partial charge on any atom is 0.224 e. The highest BCUT2D eigenvalue weighted by Crippen LogP contribution is 2.18. The first-order valence-corrected chi connectivity index (χ1v) is 7.44. The Morgan fingerprint density at radius 1 is 1.32 bits per heavy atom. The summed E-state index contributed by atoms with van der Waals surface area (Å²) < 4.78 is 0. The predicted octanol–water partition coefficient (Wildman–Crippen LogP) is 1.49. The van der Waals surface area contributed by atoms with E-state index in [-0.39, 0.29) is 0 Å². The van der Waals surface area contributed by atoms with E-state index in [1.54, 1.807) is 0 Å². The zero-order chi connectivity index (χ0) is 12.9. The van der Waals surface area contributed by atoms with Gasteiger partial charge in [0.05, 0.1) is 0 Å². The van der Waals surface area contributed by atoms with Crippen LogP contribution in [0.2, 0.25) is 0 Å². The maximum atomic E-state index is 4.62. The zero-order valence-corrected chi connectivity index (χ0v) is 11.4. The van der Waals surface area contributed by atoms with Gasteiger partial charge in [-0.05, 0) is 50.8 Å². The molecule has 0 saturated carbocycles. The van der Waals surface area contributed by atoms with E-state index in [1.165, 1.54) is 25.7 Å². The second-order valence-electron chi connectivity index (χ2n) is 5.53. The molecule has 2 fully saturated rings. The number of rotatable bonds is 4. The monoisotopic (exact) mass is 261 g/mol. The highest BCUT2D eigenvalue weighted by atomic mass is 15.2. The Morgan fingerprint density at radius 3 is 3.00 bits per heavy atom. The Balaban J connectivity index is 1.56. The molecule has 2 aliphatic rings. The molecule has 3 rings (SSSR count). The van der Waals surface area contributed by atoms with Gasteiger partial charge in [0, 0.05) is 25.8 Å². The van der Waals surface area contributed by atoms with Crippen LogP contribution in [0.4, 0.5) is 11.8 Å². The van der Waals surface area contributed by atoms with Gasteiger partial charge in [-0.2, -0.15) is 4.98 Å². The summed E-state index contributed by atoms with van der Waals surface area (Å²) in [6.07, 6.45) is 7.00. The molecule has 19 heavy (non-hydrogen) atoms. The molecule has 0 spiro atoms. The van der Waals surface area contributed by atoms with Gasteiger partial charge in [0.15, 0.2) is 0 Å². The first-order chi connectivity index (χ1) is 9.42. The van der Waals surface area contributed by atoms with E-state index in [1.807, 2.05) is 12.3 Å². The van der Waals surface area contributed by atoms with Crippen molar-refractivity contribution in [3.8, 4) is 0 Å². The lowest BCUT2D eigenvalue weighted by atomic mass is 10.00. The van der Waals surface area contributed by atoms with Crippen LogP contribution in [0.3, 0.4) is 0 Å². The van der Waals surface area contributed by atoms with Crippen molar-refractivity contribution in [2.45, 2.75) is 25.7 Å². The number of piperidine rings is 1. The largest absolute Gasteiger partial charge is 0.356 e. The molecule has 1 aromatic rings. The molecule has 2 saturated heterocycles. The summed E-state index contributed by atoms with van der Waals surface area (Å²) >= 11 is 0. The number of nitrogens with one attached hydrogen (secondary N) is 2. The van der Waals surface area contributed by atoms with Gasteiger partial charge in [-0.1, -0.05) is 0 Å². The van der Waals surface area contributed by atoms with Crippen LogP contribution in [0.25, 0.3) is 0 Å². The lowest BCUT2D eigenvalue weighted by Crippen LogP contribution is -2.33. The van der Waals surface area contributed by atoms with Gasteiger partial charge in [0.2, 0.25) is 5.95 Å². The van der Waals surface area contributed by atoms with Gasteiger partial charge >= 0.3 is 0 Å². The molecular weight excluding hydrogens is 238 g/mol. The molecule has 1 aromatic heterocycles. The third-order valence-corrected chi connectivity index (χ3v) is 4.02. The Hall–Kier alpha value is -1.36. The molecule has 2 aliphatic heterocycles. The van der Waals surface area contributed by atoms with Crippen molar-refractivity contribution in [1.82, 2.24) is 15.3 Å². The van der Waals surface area contributed by atoms with Crippen molar-refractivity contribution in [3.05, 3.63) is 12.3 Å². The van der Waals surface area contributed by atoms with Crippen LogP contribution in [-0.2, 0) is 0 Å². The zero-order valence-electron chi connectivity index (χ0n) is 11.4. The van der Waals surface area contributed by atoms with Gasteiger partial charge in [-0.25, -0.2) is 4.98 Å². The lowest BCUT2D eigenvalue weighted by Gasteiger charge is -2.23. The van der Waals surface area contributed by atoms with Crippen LogP contribution in [0.5, 0.6) is 0 Å². The topological polar surface area (TPSA) is 53.1 Å². The van der Waals surface area contributed by atoms with E-state index in [9.17, 15) is 0 Å². The number of hydrogen-bond acceptors (Lipinski definition) is 5. The Morgan fingerprint density at radius 2 is 2.21 bits per heavy atom. The second-order valence-corrected chi connectivity index (χ2v) is 5.53. The van der Waals surface area contributed by atoms with Crippen molar-refractivity contribution in [3.63, 3.8) is 0 Å². The predicted molar refractivity (Wildman–Crippen MR) is 77.6 cm³/mol. The molecule has 0 amide bonds. The van der Waals surface area contributed by atoms with E-state index in [0.717, 1.165) is 44.5 Å². The van der Waals surface area contributed by atoms with Gasteiger partial charge < -0.3 is 15.5 Å². The third-order valence-electron chi connectivity index (χ3n) is 4.02. The Bertz CT molecular complexity index is 397. The summed E-state index contributed by atoms with van der Waals surface area (Å²) in [5, 5.41) is 6.83. The van der Waals surface area contributed by atoms with Crippen molar-refractivity contribution in [2.24, 2.45) is 5.92 Å². The summed E-state index contributed by atoms with van der Waals surface area (Å²) in [5.41, 5.74) is 0. The first kappa shape index (κ1) is 12.7. The van der Waals surface area contributed by atoms with Crippen LogP contribution in [0, 0.1) is 5.92 Å². The fourth-order valence-corrected chi connectivity index (χ4v) is 2.89. The molecule has 0 aliphatic carbocycles. The van der Waals surface area contributed by atoms with Crippen LogP contribution in [0.15, 0.2) is 12.3 Å². The molecule has 0 bridgehead atoms. The van der Waals surface area contributed by atoms with E-state index in [0.29, 0.717) is 5.92 Å². The molecule has 1 unspecified atom stereocenters. The van der Waals surface area contributed by atoms with Crippen LogP contribution in [0.1, 0.15) is 25.7 Å².